The summed E-state index contributed by atoms with van der Waals surface area (Å²) in [7, 11) is 1.77. The van der Waals surface area contributed by atoms with Gasteiger partial charge in [0.1, 0.15) is 0 Å². The largest absolute Gasteiger partial charge is 0.401 e. The van der Waals surface area contributed by atoms with Crippen molar-refractivity contribution in [2.75, 3.05) is 26.7 Å². The second-order valence-corrected chi connectivity index (χ2v) is 3.44. The molecule has 0 amide bonds. The minimum Gasteiger partial charge on any atom is -0.318 e. The van der Waals surface area contributed by atoms with Crippen LogP contribution in [0.25, 0.3) is 0 Å². The van der Waals surface area contributed by atoms with Crippen molar-refractivity contribution in [1.82, 2.24) is 10.2 Å². The average Bonchev–Trinajstić information content (AvgIpc) is 2.34. The Bertz CT molecular complexity index is 158. The second-order valence-electron chi connectivity index (χ2n) is 3.44. The SMILES string of the molecule is CNCC1CCCN1CC(F)(F)F. The van der Waals surface area contributed by atoms with Crippen molar-refractivity contribution >= 4 is 0 Å². The van der Waals surface area contributed by atoms with E-state index < -0.39 is 12.7 Å². The van der Waals surface area contributed by atoms with Gasteiger partial charge >= 0.3 is 6.18 Å². The van der Waals surface area contributed by atoms with Crippen molar-refractivity contribution < 1.29 is 13.2 Å². The number of nitrogens with one attached hydrogen (secondary N) is 1. The van der Waals surface area contributed by atoms with E-state index >= 15 is 0 Å². The molecule has 1 saturated heterocycles. The molecule has 1 atom stereocenters. The molecule has 0 aromatic carbocycles. The summed E-state index contributed by atoms with van der Waals surface area (Å²) in [6.07, 6.45) is -2.31. The van der Waals surface area contributed by atoms with Crippen molar-refractivity contribution in [1.29, 1.82) is 0 Å². The number of hydrogen-bond donors (Lipinski definition) is 1. The number of likely N-dealkylation sites (N-methyl/N-ethyl adjacent to an activating group) is 1. The van der Waals surface area contributed by atoms with Crippen LogP contribution in [0.5, 0.6) is 0 Å². The van der Waals surface area contributed by atoms with Gasteiger partial charge in [-0.25, -0.2) is 0 Å². The van der Waals surface area contributed by atoms with Gasteiger partial charge in [0.15, 0.2) is 0 Å². The van der Waals surface area contributed by atoms with Gasteiger partial charge in [0.25, 0.3) is 0 Å². The highest BCUT2D eigenvalue weighted by atomic mass is 19.4. The summed E-state index contributed by atoms with van der Waals surface area (Å²) >= 11 is 0. The minimum atomic E-state index is -4.06. The molecule has 1 unspecified atom stereocenters. The number of likely N-dealkylation sites (tertiary alicyclic amines) is 1. The van der Waals surface area contributed by atoms with Gasteiger partial charge in [0.2, 0.25) is 0 Å². The lowest BCUT2D eigenvalue weighted by atomic mass is 10.2. The third kappa shape index (κ3) is 3.52. The summed E-state index contributed by atoms with van der Waals surface area (Å²) in [6, 6.07) is 0.0617. The van der Waals surface area contributed by atoms with Gasteiger partial charge in [-0.2, -0.15) is 13.2 Å². The maximum atomic E-state index is 12.1. The summed E-state index contributed by atoms with van der Waals surface area (Å²) < 4.78 is 36.2. The van der Waals surface area contributed by atoms with E-state index in [1.165, 1.54) is 4.90 Å². The molecule has 1 heterocycles. The number of hydrogen-bond acceptors (Lipinski definition) is 2. The van der Waals surface area contributed by atoms with Crippen LogP contribution >= 0.6 is 0 Å². The van der Waals surface area contributed by atoms with E-state index in [-0.39, 0.29) is 6.04 Å². The molecule has 1 N–H and O–H groups in total. The third-order valence-corrected chi connectivity index (χ3v) is 2.32. The van der Waals surface area contributed by atoms with Gasteiger partial charge in [0, 0.05) is 12.6 Å². The topological polar surface area (TPSA) is 15.3 Å². The lowest BCUT2D eigenvalue weighted by molar-refractivity contribution is -0.147. The molecule has 78 valence electrons. The van der Waals surface area contributed by atoms with Crippen LogP contribution in [-0.4, -0.2) is 43.8 Å². The van der Waals surface area contributed by atoms with E-state index in [0.717, 1.165) is 12.8 Å². The van der Waals surface area contributed by atoms with Gasteiger partial charge in [-0.3, -0.25) is 4.90 Å². The smallest absolute Gasteiger partial charge is 0.318 e. The first-order valence-corrected chi connectivity index (χ1v) is 4.48. The fourth-order valence-corrected chi connectivity index (χ4v) is 1.80. The second kappa shape index (κ2) is 4.28. The van der Waals surface area contributed by atoms with Crippen LogP contribution in [0.15, 0.2) is 0 Å². The van der Waals surface area contributed by atoms with Gasteiger partial charge < -0.3 is 5.32 Å². The summed E-state index contributed by atoms with van der Waals surface area (Å²) in [5.41, 5.74) is 0. The highest BCUT2D eigenvalue weighted by Crippen LogP contribution is 2.23. The molecule has 13 heavy (non-hydrogen) atoms. The zero-order valence-electron chi connectivity index (χ0n) is 7.69. The van der Waals surface area contributed by atoms with Crippen molar-refractivity contribution in [2.45, 2.75) is 25.1 Å². The van der Waals surface area contributed by atoms with E-state index in [1.54, 1.807) is 7.05 Å². The third-order valence-electron chi connectivity index (χ3n) is 2.32. The van der Waals surface area contributed by atoms with E-state index in [1.807, 2.05) is 0 Å². The number of halogens is 3. The van der Waals surface area contributed by atoms with E-state index in [2.05, 4.69) is 5.32 Å². The predicted octanol–water partition coefficient (Wildman–Crippen LogP) is 1.23. The lowest BCUT2D eigenvalue weighted by Crippen LogP contribution is -2.42. The molecule has 1 aliphatic heterocycles. The lowest BCUT2D eigenvalue weighted by Gasteiger charge is -2.25. The molecule has 0 spiro atoms. The Morgan fingerprint density at radius 1 is 1.46 bits per heavy atom. The fourth-order valence-electron chi connectivity index (χ4n) is 1.80. The Labute approximate surface area is 76.1 Å². The molecule has 0 aliphatic carbocycles. The Balaban J connectivity index is 2.39. The Morgan fingerprint density at radius 2 is 2.15 bits per heavy atom. The van der Waals surface area contributed by atoms with Gasteiger partial charge in [-0.05, 0) is 26.4 Å². The standard InChI is InChI=1S/C8H15F3N2/c1-12-5-7-3-2-4-13(7)6-8(9,10)11/h7,12H,2-6H2,1H3. The average molecular weight is 196 g/mol. The first-order chi connectivity index (χ1) is 6.03. The molecular formula is C8H15F3N2. The van der Waals surface area contributed by atoms with Crippen LogP contribution in [0, 0.1) is 0 Å². The van der Waals surface area contributed by atoms with Crippen LogP contribution in [-0.2, 0) is 0 Å². The zero-order chi connectivity index (χ0) is 9.90. The first-order valence-electron chi connectivity index (χ1n) is 4.48. The summed E-state index contributed by atoms with van der Waals surface area (Å²) in [5.74, 6) is 0. The quantitative estimate of drug-likeness (QED) is 0.730. The Hall–Kier alpha value is -0.290. The number of alkyl halides is 3. The molecule has 0 bridgehead atoms. The van der Waals surface area contributed by atoms with Crippen molar-refractivity contribution in [3.63, 3.8) is 0 Å². The number of nitrogens with zero attached hydrogens (tertiary/aromatic N) is 1. The molecule has 2 nitrogen and oxygen atoms in total. The summed E-state index contributed by atoms with van der Waals surface area (Å²) in [5, 5.41) is 2.92. The zero-order valence-corrected chi connectivity index (χ0v) is 7.69. The minimum absolute atomic E-state index is 0.0617. The molecule has 0 radical (unpaired) electrons. The fraction of sp³-hybridized carbons (Fsp3) is 1.00. The van der Waals surface area contributed by atoms with Gasteiger partial charge in [0.05, 0.1) is 6.54 Å². The van der Waals surface area contributed by atoms with Crippen molar-refractivity contribution in [2.24, 2.45) is 0 Å². The highest BCUT2D eigenvalue weighted by molar-refractivity contribution is 4.81. The van der Waals surface area contributed by atoms with E-state index in [0.29, 0.717) is 13.1 Å². The summed E-state index contributed by atoms with van der Waals surface area (Å²) in [4.78, 5) is 1.51. The summed E-state index contributed by atoms with van der Waals surface area (Å²) in [6.45, 7) is 0.460. The Kier molecular flexibility index (Phi) is 3.55. The van der Waals surface area contributed by atoms with Gasteiger partial charge in [-0.15, -0.1) is 0 Å². The van der Waals surface area contributed by atoms with E-state index in [4.69, 9.17) is 0 Å². The molecule has 1 rings (SSSR count). The first kappa shape index (κ1) is 10.8. The number of rotatable bonds is 3. The van der Waals surface area contributed by atoms with Crippen LogP contribution in [0.3, 0.4) is 0 Å². The molecule has 0 aromatic heterocycles. The van der Waals surface area contributed by atoms with Crippen LogP contribution in [0.2, 0.25) is 0 Å². The molecule has 0 aromatic rings. The molecule has 5 heteroatoms. The monoisotopic (exact) mass is 196 g/mol. The van der Waals surface area contributed by atoms with Crippen LogP contribution in [0.4, 0.5) is 13.2 Å². The van der Waals surface area contributed by atoms with E-state index in [9.17, 15) is 13.2 Å². The Morgan fingerprint density at radius 3 is 2.69 bits per heavy atom. The maximum absolute atomic E-state index is 12.1. The molecular weight excluding hydrogens is 181 g/mol. The van der Waals surface area contributed by atoms with Crippen molar-refractivity contribution in [3.8, 4) is 0 Å². The van der Waals surface area contributed by atoms with Crippen LogP contribution in [0.1, 0.15) is 12.8 Å². The predicted molar refractivity (Wildman–Crippen MR) is 44.6 cm³/mol. The molecule has 0 saturated carbocycles. The van der Waals surface area contributed by atoms with Crippen LogP contribution < -0.4 is 5.32 Å². The normalized spacial score (nSPS) is 25.4. The highest BCUT2D eigenvalue weighted by Gasteiger charge is 2.35. The van der Waals surface area contributed by atoms with Crippen molar-refractivity contribution in [3.05, 3.63) is 0 Å². The molecule has 1 aliphatic rings. The molecule has 1 fully saturated rings. The van der Waals surface area contributed by atoms with Gasteiger partial charge in [-0.1, -0.05) is 0 Å². The maximum Gasteiger partial charge on any atom is 0.401 e.